The van der Waals surface area contributed by atoms with Crippen LogP contribution in [0.3, 0.4) is 0 Å². The van der Waals surface area contributed by atoms with Gasteiger partial charge in [0.2, 0.25) is 11.8 Å². The number of amides is 2. The molecule has 4 rings (SSSR count). The minimum absolute atomic E-state index is 0.0250. The van der Waals surface area contributed by atoms with Crippen molar-refractivity contribution in [2.24, 2.45) is 0 Å². The number of sulfonamides is 1. The number of anilines is 1. The Kier molecular flexibility index (Phi) is 10.8. The minimum Gasteiger partial charge on any atom is -0.457 e. The fraction of sp³-hybridized carbons (Fsp3) is 0.212. The van der Waals surface area contributed by atoms with E-state index < -0.39 is 28.5 Å². The number of benzene rings is 4. The molecular weight excluding hydrogens is 586 g/mol. The summed E-state index contributed by atoms with van der Waals surface area (Å²) in [5, 5.41) is 3.23. The van der Waals surface area contributed by atoms with E-state index in [9.17, 15) is 18.0 Å². The lowest BCUT2D eigenvalue weighted by Gasteiger charge is -2.33. The van der Waals surface area contributed by atoms with Crippen LogP contribution in [-0.2, 0) is 26.2 Å². The van der Waals surface area contributed by atoms with Gasteiger partial charge in [0.05, 0.1) is 10.6 Å². The zero-order chi connectivity index (χ0) is 30.8. The standard InChI is InChI=1S/C33H34ClN3O5S/c1-3-31(33(39)35-4-2)36(23-25-13-11-12-18-30(25)34)32(38)24-37(43(40,41)29-16-9-6-10-17-29)26-19-21-28(22-20-26)42-27-14-7-5-8-15-27/h5-22,31H,3-4,23-24H2,1-2H3,(H,35,39)/t31-/m1/s1. The molecular formula is C33H34ClN3O5S. The maximum atomic E-state index is 14.1. The first-order chi connectivity index (χ1) is 20.7. The summed E-state index contributed by atoms with van der Waals surface area (Å²) in [5.41, 5.74) is 0.904. The van der Waals surface area contributed by atoms with E-state index in [4.69, 9.17) is 16.3 Å². The van der Waals surface area contributed by atoms with Crippen LogP contribution in [0, 0.1) is 0 Å². The summed E-state index contributed by atoms with van der Waals surface area (Å²) >= 11 is 6.43. The lowest BCUT2D eigenvalue weighted by atomic mass is 10.1. The monoisotopic (exact) mass is 619 g/mol. The number of nitrogens with one attached hydrogen (secondary N) is 1. The normalized spacial score (nSPS) is 11.8. The third-order valence-corrected chi connectivity index (χ3v) is 8.91. The fourth-order valence-corrected chi connectivity index (χ4v) is 6.21. The number of halogens is 1. The van der Waals surface area contributed by atoms with Crippen LogP contribution in [0.25, 0.3) is 0 Å². The molecule has 224 valence electrons. The number of ether oxygens (including phenoxy) is 1. The molecule has 0 aliphatic heterocycles. The summed E-state index contributed by atoms with van der Waals surface area (Å²) in [7, 11) is -4.18. The van der Waals surface area contributed by atoms with E-state index in [2.05, 4.69) is 5.32 Å². The molecule has 1 atom stereocenters. The molecule has 4 aromatic carbocycles. The molecule has 0 unspecified atom stereocenters. The topological polar surface area (TPSA) is 96.0 Å². The van der Waals surface area contributed by atoms with Gasteiger partial charge in [-0.25, -0.2) is 8.42 Å². The van der Waals surface area contributed by atoms with Gasteiger partial charge in [-0.05, 0) is 73.5 Å². The summed E-state index contributed by atoms with van der Waals surface area (Å²) < 4.78 is 34.9. The van der Waals surface area contributed by atoms with Gasteiger partial charge in [0.25, 0.3) is 10.0 Å². The van der Waals surface area contributed by atoms with Crippen molar-refractivity contribution in [2.45, 2.75) is 37.8 Å². The Morgan fingerprint density at radius 1 is 0.814 bits per heavy atom. The third-order valence-electron chi connectivity index (χ3n) is 6.75. The first-order valence-electron chi connectivity index (χ1n) is 14.0. The molecule has 0 saturated heterocycles. The van der Waals surface area contributed by atoms with Crippen molar-refractivity contribution in [1.29, 1.82) is 0 Å². The largest absolute Gasteiger partial charge is 0.457 e. The van der Waals surface area contributed by atoms with Gasteiger partial charge >= 0.3 is 0 Å². The van der Waals surface area contributed by atoms with Crippen molar-refractivity contribution in [2.75, 3.05) is 17.4 Å². The van der Waals surface area contributed by atoms with E-state index in [-0.39, 0.29) is 23.0 Å². The maximum absolute atomic E-state index is 14.1. The predicted octanol–water partition coefficient (Wildman–Crippen LogP) is 6.27. The number of hydrogen-bond donors (Lipinski definition) is 1. The molecule has 0 aliphatic rings. The van der Waals surface area contributed by atoms with Crippen LogP contribution < -0.4 is 14.4 Å². The van der Waals surface area contributed by atoms with Crippen molar-refractivity contribution in [3.63, 3.8) is 0 Å². The van der Waals surface area contributed by atoms with Gasteiger partial charge in [0.15, 0.2) is 0 Å². The summed E-state index contributed by atoms with van der Waals surface area (Å²) in [5.74, 6) is 0.249. The van der Waals surface area contributed by atoms with Crippen LogP contribution in [0.5, 0.6) is 11.5 Å². The van der Waals surface area contributed by atoms with E-state index in [1.54, 1.807) is 80.6 Å². The molecule has 1 N–H and O–H groups in total. The van der Waals surface area contributed by atoms with Gasteiger partial charge in [-0.1, -0.05) is 73.1 Å². The molecule has 0 bridgehead atoms. The van der Waals surface area contributed by atoms with Gasteiger partial charge in [0.1, 0.15) is 24.1 Å². The lowest BCUT2D eigenvalue weighted by molar-refractivity contribution is -0.140. The SMILES string of the molecule is CCNC(=O)[C@@H](CC)N(Cc1ccccc1Cl)C(=O)CN(c1ccc(Oc2ccccc2)cc1)S(=O)(=O)c1ccccc1. The molecule has 2 amide bonds. The van der Waals surface area contributed by atoms with Crippen molar-refractivity contribution in [3.8, 4) is 11.5 Å². The van der Waals surface area contributed by atoms with Gasteiger partial charge in [-0.3, -0.25) is 13.9 Å². The molecule has 0 aliphatic carbocycles. The Balaban J connectivity index is 1.72. The predicted molar refractivity (Wildman–Crippen MR) is 169 cm³/mol. The van der Waals surface area contributed by atoms with Gasteiger partial charge in [-0.2, -0.15) is 0 Å². The first kappa shape index (κ1) is 31.6. The summed E-state index contributed by atoms with van der Waals surface area (Å²) in [6, 6.07) is 29.8. The second-order valence-electron chi connectivity index (χ2n) is 9.67. The van der Waals surface area contributed by atoms with Crippen molar-refractivity contribution in [1.82, 2.24) is 10.2 Å². The maximum Gasteiger partial charge on any atom is 0.264 e. The van der Waals surface area contributed by atoms with Crippen LogP contribution in [-0.4, -0.2) is 44.3 Å². The molecule has 10 heteroatoms. The van der Waals surface area contributed by atoms with Crippen LogP contribution in [0.1, 0.15) is 25.8 Å². The zero-order valence-electron chi connectivity index (χ0n) is 24.0. The van der Waals surface area contributed by atoms with Crippen molar-refractivity contribution >= 4 is 39.1 Å². The second kappa shape index (κ2) is 14.7. The number of carbonyl (C=O) groups excluding carboxylic acids is 2. The highest BCUT2D eigenvalue weighted by atomic mass is 35.5. The molecule has 0 radical (unpaired) electrons. The van der Waals surface area contributed by atoms with Crippen LogP contribution in [0.4, 0.5) is 5.69 Å². The summed E-state index contributed by atoms with van der Waals surface area (Å²) in [4.78, 5) is 28.6. The highest BCUT2D eigenvalue weighted by Gasteiger charge is 2.33. The first-order valence-corrected chi connectivity index (χ1v) is 15.8. The summed E-state index contributed by atoms with van der Waals surface area (Å²) in [6.07, 6.45) is 0.318. The number of rotatable bonds is 13. The van der Waals surface area contributed by atoms with Crippen molar-refractivity contribution in [3.05, 3.63) is 120 Å². The molecule has 0 fully saturated rings. The van der Waals surface area contributed by atoms with Crippen LogP contribution in [0.2, 0.25) is 5.02 Å². The van der Waals surface area contributed by atoms with Crippen LogP contribution in [0.15, 0.2) is 114 Å². The van der Waals surface area contributed by atoms with E-state index in [0.717, 1.165) is 4.31 Å². The Hall–Kier alpha value is -4.34. The Labute approximate surface area is 257 Å². The van der Waals surface area contributed by atoms with Gasteiger partial charge in [0, 0.05) is 18.1 Å². The van der Waals surface area contributed by atoms with E-state index >= 15 is 0 Å². The molecule has 0 aromatic heterocycles. The number of carbonyl (C=O) groups is 2. The minimum atomic E-state index is -4.18. The molecule has 0 spiro atoms. The Morgan fingerprint density at radius 2 is 1.40 bits per heavy atom. The second-order valence-corrected chi connectivity index (χ2v) is 11.9. The number of hydrogen-bond acceptors (Lipinski definition) is 5. The third kappa shape index (κ3) is 7.94. The van der Waals surface area contributed by atoms with E-state index in [1.807, 2.05) is 30.3 Å². The Bertz CT molecular complexity index is 1620. The molecule has 8 nitrogen and oxygen atoms in total. The average Bonchev–Trinajstić information content (AvgIpc) is 3.02. The average molecular weight is 620 g/mol. The summed E-state index contributed by atoms with van der Waals surface area (Å²) in [6.45, 7) is 3.46. The number of likely N-dealkylation sites (N-methyl/N-ethyl adjacent to an activating group) is 1. The smallest absolute Gasteiger partial charge is 0.264 e. The highest BCUT2D eigenvalue weighted by molar-refractivity contribution is 7.92. The highest BCUT2D eigenvalue weighted by Crippen LogP contribution is 2.29. The lowest BCUT2D eigenvalue weighted by Crippen LogP contribution is -2.52. The molecule has 4 aromatic rings. The van der Waals surface area contributed by atoms with Crippen molar-refractivity contribution < 1.29 is 22.7 Å². The van der Waals surface area contributed by atoms with E-state index in [1.165, 1.54) is 17.0 Å². The van der Waals surface area contributed by atoms with Crippen LogP contribution >= 0.6 is 11.6 Å². The molecule has 0 saturated carbocycles. The Morgan fingerprint density at radius 3 is 2.00 bits per heavy atom. The number of nitrogens with zero attached hydrogens (tertiary/aromatic N) is 2. The quantitative estimate of drug-likeness (QED) is 0.190. The van der Waals surface area contributed by atoms with E-state index in [0.29, 0.717) is 35.1 Å². The number of para-hydroxylation sites is 1. The molecule has 43 heavy (non-hydrogen) atoms. The molecule has 0 heterocycles. The zero-order valence-corrected chi connectivity index (χ0v) is 25.6. The van der Waals surface area contributed by atoms with Gasteiger partial charge in [-0.15, -0.1) is 0 Å². The van der Waals surface area contributed by atoms with Gasteiger partial charge < -0.3 is 15.0 Å². The fourth-order valence-electron chi connectivity index (χ4n) is 4.58.